The van der Waals surface area contributed by atoms with Crippen molar-refractivity contribution in [3.8, 4) is 11.8 Å². The van der Waals surface area contributed by atoms with Crippen LogP contribution in [0.15, 0.2) is 24.8 Å². The van der Waals surface area contributed by atoms with Gasteiger partial charge >= 0.3 is 61.1 Å². The number of H-pyrrole nitrogens is 2. The number of carbonyl (C=O) groups excluding carboxylic acids is 3. The van der Waals surface area contributed by atoms with E-state index in [0.717, 1.165) is 28.5 Å². The second kappa shape index (κ2) is 36.7. The van der Waals surface area contributed by atoms with Gasteiger partial charge in [-0.1, -0.05) is 58.0 Å². The van der Waals surface area contributed by atoms with Gasteiger partial charge in [0.05, 0.1) is 44.6 Å². The van der Waals surface area contributed by atoms with Crippen LogP contribution in [0.25, 0.3) is 0 Å². The highest BCUT2D eigenvalue weighted by atomic mass is 19.4. The minimum atomic E-state index is -4.71. The molecule has 0 saturated heterocycles. The molecule has 482 valence electrons. The maximum absolute atomic E-state index is 12.4. The number of carbonyl (C=O) groups is 3. The highest BCUT2D eigenvalue weighted by Crippen LogP contribution is 2.32. The Balaban J connectivity index is -0.000000211. The summed E-state index contributed by atoms with van der Waals surface area (Å²) in [6, 6.07) is 0. The lowest BCUT2D eigenvalue weighted by Gasteiger charge is -2.07. The number of hydrogen-bond acceptors (Lipinski definition) is 18. The van der Waals surface area contributed by atoms with Crippen molar-refractivity contribution in [1.29, 1.82) is 0 Å². The highest BCUT2D eigenvalue weighted by Gasteiger charge is 2.42. The van der Waals surface area contributed by atoms with E-state index in [4.69, 9.17) is 0 Å². The molecule has 0 amide bonds. The zero-order valence-electron chi connectivity index (χ0n) is 40.0. The molecule has 2 N–H and O–H groups in total. The summed E-state index contributed by atoms with van der Waals surface area (Å²) >= 11 is 0. The molecule has 0 atom stereocenters. The molecule has 0 fully saturated rings. The number of aryl methyl sites for hydroxylation is 4. The van der Waals surface area contributed by atoms with Gasteiger partial charge in [0.2, 0.25) is 11.4 Å². The van der Waals surface area contributed by atoms with Gasteiger partial charge < -0.3 is 14.2 Å². The zero-order valence-corrected chi connectivity index (χ0v) is 40.0. The number of aromatic nitrogens is 18. The molecule has 0 aliphatic carbocycles. The van der Waals surface area contributed by atoms with E-state index >= 15 is 0 Å². The molecule has 0 bridgehead atoms. The summed E-state index contributed by atoms with van der Waals surface area (Å²) in [6.07, 6.45) is -28.8. The van der Waals surface area contributed by atoms with Crippen molar-refractivity contribution in [3.63, 3.8) is 0 Å². The quantitative estimate of drug-likeness (QED) is 0.0534. The van der Waals surface area contributed by atoms with Crippen LogP contribution >= 0.6 is 0 Å². The van der Waals surface area contributed by atoms with Crippen molar-refractivity contribution in [3.05, 3.63) is 70.3 Å². The number of esters is 3. The van der Waals surface area contributed by atoms with E-state index in [0.29, 0.717) is 28.0 Å². The molecular weight excluding hydrogens is 1220 g/mol. The third-order valence-corrected chi connectivity index (χ3v) is 7.02. The fourth-order valence-electron chi connectivity index (χ4n) is 3.98. The summed E-state index contributed by atoms with van der Waals surface area (Å²) in [5.74, 6) is -1.31. The number of alkyl halides is 21. The summed E-state index contributed by atoms with van der Waals surface area (Å²) < 4.78 is 263. The third-order valence-electron chi connectivity index (χ3n) is 7.02. The van der Waals surface area contributed by atoms with Crippen LogP contribution in [0.1, 0.15) is 113 Å². The SMILES string of the molecule is C.C.C.C.C.CCOC(=O)C#CC(F)(F)F.CCOC(=O)c1c(C(F)(F)F)nnn1C.CCOC(=O)c1nnn(C)c1C(F)(F)F.Cn1cc(C(F)(F)F)nn1.Cn1nncc1C(F)(F)F.FC(F)(F)c1cn[nH]n1.FC(F)(F)c1cn[nH]n1. The average Bonchev–Trinajstić information content (AvgIpc) is 4.15. The van der Waals surface area contributed by atoms with Crippen molar-refractivity contribution >= 4 is 17.9 Å². The van der Waals surface area contributed by atoms with Gasteiger partial charge in [0.25, 0.3) is 0 Å². The van der Waals surface area contributed by atoms with E-state index in [1.807, 2.05) is 10.4 Å². The van der Waals surface area contributed by atoms with Crippen LogP contribution in [-0.4, -0.2) is 135 Å². The molecule has 0 saturated carbocycles. The van der Waals surface area contributed by atoms with Gasteiger partial charge in [-0.15, -0.1) is 20.4 Å². The standard InChI is InChI=1S/2C7H8F3N3O2.C6H5F3O2.2C4H4F3N3.2C3H2F3N3.5CH4/c1-3-15-6(14)4-5(7(8,9)10)11-12-13(4)2;1-3-15-6(14)4-5(7(8,9)10)13(2)12-11-4;1-2-11-5(10)3-4-6(7,8)9;1-10-2-3(8-9-10)4(5,6)7;1-10-3(2-8-9-10)4(5,6)7;2*4-3(5,6)2-1-7-9-8-2;;;;;/h2*3H2,1-2H3;2H2,1H3;2*2H,1H3;2*1H,(H,7,8,9);5*1H4. The Bertz CT molecular complexity index is 2770. The summed E-state index contributed by atoms with van der Waals surface area (Å²) in [5.41, 5.74) is -7.84. The number of nitrogens with one attached hydrogen (secondary N) is 2. The summed E-state index contributed by atoms with van der Waals surface area (Å²) in [4.78, 5) is 32.5. The molecule has 45 heteroatoms. The predicted octanol–water partition coefficient (Wildman–Crippen LogP) is 9.63. The van der Waals surface area contributed by atoms with E-state index in [1.165, 1.54) is 47.8 Å². The van der Waals surface area contributed by atoms with Crippen LogP contribution < -0.4 is 0 Å². The van der Waals surface area contributed by atoms with E-state index in [1.54, 1.807) is 0 Å². The molecule has 6 aromatic heterocycles. The van der Waals surface area contributed by atoms with Crippen molar-refractivity contribution in [2.24, 2.45) is 28.2 Å². The Morgan fingerprint density at radius 3 is 1.23 bits per heavy atom. The zero-order chi connectivity index (χ0) is 61.5. The number of rotatable bonds is 5. The molecule has 0 spiro atoms. The van der Waals surface area contributed by atoms with Crippen molar-refractivity contribution < 1.29 is 121 Å². The van der Waals surface area contributed by atoms with E-state index < -0.39 is 107 Å². The van der Waals surface area contributed by atoms with Crippen molar-refractivity contribution in [1.82, 2.24) is 90.8 Å². The first kappa shape index (κ1) is 86.6. The van der Waals surface area contributed by atoms with E-state index in [-0.39, 0.29) is 57.0 Å². The first-order chi connectivity index (χ1) is 35.9. The number of hydrogen-bond donors (Lipinski definition) is 2. The average molecular weight is 1270 g/mol. The molecule has 6 rings (SSSR count). The summed E-state index contributed by atoms with van der Waals surface area (Å²) in [5, 5.41) is 39.8. The largest absolute Gasteiger partial charge is 0.461 e. The molecule has 84 heavy (non-hydrogen) atoms. The molecule has 0 aliphatic rings. The summed E-state index contributed by atoms with van der Waals surface area (Å²) in [7, 11) is 4.81. The third kappa shape index (κ3) is 32.1. The normalized spacial score (nSPS) is 10.8. The minimum absolute atomic E-state index is 0. The van der Waals surface area contributed by atoms with Crippen LogP contribution in [0.5, 0.6) is 0 Å². The molecule has 0 radical (unpaired) electrons. The van der Waals surface area contributed by atoms with Crippen molar-refractivity contribution in [2.75, 3.05) is 19.8 Å². The van der Waals surface area contributed by atoms with Gasteiger partial charge in [0, 0.05) is 40.0 Å². The van der Waals surface area contributed by atoms with E-state index in [2.05, 4.69) is 75.9 Å². The monoisotopic (exact) mass is 1270 g/mol. The van der Waals surface area contributed by atoms with Crippen LogP contribution in [0.3, 0.4) is 0 Å². The second-order valence-corrected chi connectivity index (χ2v) is 12.9. The molecule has 24 nitrogen and oxygen atoms in total. The Morgan fingerprint density at radius 2 is 0.940 bits per heavy atom. The fraction of sp³-hybridized carbons (Fsp3) is 0.564. The lowest BCUT2D eigenvalue weighted by Crippen LogP contribution is -2.18. The first-order valence-electron chi connectivity index (χ1n) is 19.7. The van der Waals surface area contributed by atoms with Crippen LogP contribution in [0.2, 0.25) is 0 Å². The molecule has 0 aliphatic heterocycles. The molecule has 0 unspecified atom stereocenters. The number of halogens is 21. The van der Waals surface area contributed by atoms with Gasteiger partial charge in [-0.2, -0.15) is 123 Å². The first-order valence-corrected chi connectivity index (χ1v) is 19.7. The minimum Gasteiger partial charge on any atom is -0.461 e. The maximum Gasteiger partial charge on any atom is 0.458 e. The molecule has 0 aromatic carbocycles. The highest BCUT2D eigenvalue weighted by molar-refractivity contribution is 5.89. The molecule has 6 aromatic rings. The molecule has 6 heterocycles. The van der Waals surface area contributed by atoms with Gasteiger partial charge in [0.15, 0.2) is 34.2 Å². The second-order valence-electron chi connectivity index (χ2n) is 12.9. The lowest BCUT2D eigenvalue weighted by atomic mass is 10.3. The van der Waals surface area contributed by atoms with Gasteiger partial charge in [0.1, 0.15) is 0 Å². The maximum atomic E-state index is 12.4. The van der Waals surface area contributed by atoms with Crippen LogP contribution in [-0.2, 0) is 84.3 Å². The van der Waals surface area contributed by atoms with E-state index in [9.17, 15) is 107 Å². The molecular formula is C39H53F21N18O6. The van der Waals surface area contributed by atoms with Gasteiger partial charge in [-0.05, 0) is 20.8 Å². The Kier molecular flexibility index (Phi) is 37.9. The van der Waals surface area contributed by atoms with Crippen molar-refractivity contribution in [2.45, 2.75) is 101 Å². The Labute approximate surface area is 460 Å². The predicted molar refractivity (Wildman–Crippen MR) is 243 cm³/mol. The number of aromatic amines is 2. The lowest BCUT2D eigenvalue weighted by molar-refractivity contribution is -0.144. The van der Waals surface area contributed by atoms with Gasteiger partial charge in [-0.3, -0.25) is 4.68 Å². The van der Waals surface area contributed by atoms with Gasteiger partial charge in [-0.25, -0.2) is 28.4 Å². The fourth-order valence-corrected chi connectivity index (χ4v) is 3.98. The Hall–Kier alpha value is -8.66. The number of nitrogens with zero attached hydrogens (tertiary/aromatic N) is 16. The topological polar surface area (TPSA) is 285 Å². The van der Waals surface area contributed by atoms with Crippen LogP contribution in [0.4, 0.5) is 92.2 Å². The smallest absolute Gasteiger partial charge is 0.458 e. The van der Waals surface area contributed by atoms with Crippen LogP contribution in [0, 0.1) is 11.8 Å². The summed E-state index contributed by atoms with van der Waals surface area (Å²) in [6.45, 7) is 4.45. The Morgan fingerprint density at radius 1 is 0.500 bits per heavy atom. The number of ether oxygens (including phenoxy) is 3.